The number of hydrogen-bond acceptors (Lipinski definition) is 3. The third-order valence-electron chi connectivity index (χ3n) is 2.83. The molecule has 90 valence electrons. The SMILES string of the molecule is O=C(O)NCCC(=O)C1NCc2ccccc21. The average molecular weight is 234 g/mol. The summed E-state index contributed by atoms with van der Waals surface area (Å²) in [5.74, 6) is 0.0173. The van der Waals surface area contributed by atoms with Crippen molar-refractivity contribution in [3.05, 3.63) is 35.4 Å². The Kier molecular flexibility index (Phi) is 3.39. The third kappa shape index (κ3) is 2.62. The lowest BCUT2D eigenvalue weighted by molar-refractivity contribution is -0.120. The highest BCUT2D eigenvalue weighted by molar-refractivity contribution is 5.86. The predicted octanol–water partition coefficient (Wildman–Crippen LogP) is 1.06. The van der Waals surface area contributed by atoms with Crippen LogP contribution >= 0.6 is 0 Å². The number of carboxylic acid groups (broad SMARTS) is 1. The van der Waals surface area contributed by atoms with Crippen LogP contribution in [0.15, 0.2) is 24.3 Å². The van der Waals surface area contributed by atoms with Crippen molar-refractivity contribution in [2.24, 2.45) is 0 Å². The molecule has 0 bridgehead atoms. The van der Waals surface area contributed by atoms with Gasteiger partial charge in [0.2, 0.25) is 0 Å². The van der Waals surface area contributed by atoms with Gasteiger partial charge < -0.3 is 10.4 Å². The van der Waals surface area contributed by atoms with E-state index in [0.717, 1.165) is 11.1 Å². The Bertz CT molecular complexity index is 445. The van der Waals surface area contributed by atoms with Crippen LogP contribution < -0.4 is 10.6 Å². The molecule has 3 N–H and O–H groups in total. The van der Waals surface area contributed by atoms with Gasteiger partial charge in [-0.25, -0.2) is 4.79 Å². The van der Waals surface area contributed by atoms with E-state index in [-0.39, 0.29) is 24.8 Å². The summed E-state index contributed by atoms with van der Waals surface area (Å²) in [7, 11) is 0. The van der Waals surface area contributed by atoms with Gasteiger partial charge in [-0.15, -0.1) is 0 Å². The molecule has 17 heavy (non-hydrogen) atoms. The van der Waals surface area contributed by atoms with E-state index in [1.54, 1.807) is 0 Å². The number of ketones is 1. The summed E-state index contributed by atoms with van der Waals surface area (Å²) in [5.41, 5.74) is 2.14. The minimum atomic E-state index is -1.10. The molecule has 1 aliphatic heterocycles. The molecular formula is C12H14N2O3. The first-order valence-electron chi connectivity index (χ1n) is 5.49. The Morgan fingerprint density at radius 1 is 1.41 bits per heavy atom. The highest BCUT2D eigenvalue weighted by Gasteiger charge is 2.26. The van der Waals surface area contributed by atoms with E-state index in [2.05, 4.69) is 10.6 Å². The lowest BCUT2D eigenvalue weighted by Gasteiger charge is -2.10. The van der Waals surface area contributed by atoms with Crippen molar-refractivity contribution in [3.8, 4) is 0 Å². The van der Waals surface area contributed by atoms with E-state index in [4.69, 9.17) is 5.11 Å². The normalized spacial score (nSPS) is 17.5. The first kappa shape index (κ1) is 11.6. The maximum Gasteiger partial charge on any atom is 0.404 e. The minimum Gasteiger partial charge on any atom is -0.465 e. The lowest BCUT2D eigenvalue weighted by atomic mass is 10.0. The standard InChI is InChI=1S/C12H14N2O3/c15-10(5-6-13-12(16)17)11-9-4-2-1-3-8(9)7-14-11/h1-4,11,13-14H,5-7H2,(H,16,17). The topological polar surface area (TPSA) is 78.4 Å². The largest absolute Gasteiger partial charge is 0.465 e. The van der Waals surface area contributed by atoms with Gasteiger partial charge in [-0.1, -0.05) is 24.3 Å². The van der Waals surface area contributed by atoms with Crippen LogP contribution in [0.3, 0.4) is 0 Å². The van der Waals surface area contributed by atoms with Gasteiger partial charge in [0.15, 0.2) is 5.78 Å². The van der Waals surface area contributed by atoms with Crippen molar-refractivity contribution >= 4 is 11.9 Å². The van der Waals surface area contributed by atoms with Gasteiger partial charge in [0.05, 0.1) is 6.04 Å². The van der Waals surface area contributed by atoms with Gasteiger partial charge in [-0.05, 0) is 11.1 Å². The molecule has 1 heterocycles. The summed E-state index contributed by atoms with van der Waals surface area (Å²) < 4.78 is 0. The fourth-order valence-electron chi connectivity index (χ4n) is 2.02. The third-order valence-corrected chi connectivity index (χ3v) is 2.83. The van der Waals surface area contributed by atoms with E-state index in [0.29, 0.717) is 6.54 Å². The van der Waals surface area contributed by atoms with E-state index in [1.807, 2.05) is 24.3 Å². The molecule has 1 aromatic rings. The van der Waals surface area contributed by atoms with Crippen molar-refractivity contribution in [1.29, 1.82) is 0 Å². The molecule has 0 saturated heterocycles. The van der Waals surface area contributed by atoms with Crippen molar-refractivity contribution in [3.63, 3.8) is 0 Å². The maximum absolute atomic E-state index is 11.9. The predicted molar refractivity (Wildman–Crippen MR) is 61.7 cm³/mol. The fourth-order valence-corrected chi connectivity index (χ4v) is 2.02. The van der Waals surface area contributed by atoms with Crippen molar-refractivity contribution in [2.75, 3.05) is 6.54 Å². The molecule has 5 nitrogen and oxygen atoms in total. The smallest absolute Gasteiger partial charge is 0.404 e. The van der Waals surface area contributed by atoms with Gasteiger partial charge in [0.25, 0.3) is 0 Å². The zero-order chi connectivity index (χ0) is 12.3. The molecule has 0 radical (unpaired) electrons. The summed E-state index contributed by atoms with van der Waals surface area (Å²) in [6, 6.07) is 7.48. The number of carbonyl (C=O) groups is 2. The zero-order valence-electron chi connectivity index (χ0n) is 9.27. The lowest BCUT2D eigenvalue weighted by Crippen LogP contribution is -2.28. The van der Waals surface area contributed by atoms with Crippen LogP contribution in [0.5, 0.6) is 0 Å². The zero-order valence-corrected chi connectivity index (χ0v) is 9.27. The van der Waals surface area contributed by atoms with Crippen molar-refractivity contribution in [2.45, 2.75) is 19.0 Å². The van der Waals surface area contributed by atoms with Gasteiger partial charge >= 0.3 is 6.09 Å². The number of Topliss-reactive ketones (excluding diaryl/α,β-unsaturated/α-hetero) is 1. The highest BCUT2D eigenvalue weighted by atomic mass is 16.4. The Labute approximate surface area is 98.8 Å². The molecule has 1 atom stereocenters. The Hall–Kier alpha value is -1.88. The molecule has 5 heteroatoms. The van der Waals surface area contributed by atoms with Crippen LogP contribution in [-0.2, 0) is 11.3 Å². The van der Waals surface area contributed by atoms with Crippen LogP contribution in [-0.4, -0.2) is 23.5 Å². The summed E-state index contributed by atoms with van der Waals surface area (Å²) in [4.78, 5) is 22.2. The summed E-state index contributed by atoms with van der Waals surface area (Å²) >= 11 is 0. The van der Waals surface area contributed by atoms with Gasteiger partial charge in [0, 0.05) is 19.5 Å². The Morgan fingerprint density at radius 2 is 2.18 bits per heavy atom. The monoisotopic (exact) mass is 234 g/mol. The Morgan fingerprint density at radius 3 is 2.94 bits per heavy atom. The fraction of sp³-hybridized carbons (Fsp3) is 0.333. The number of carbonyl (C=O) groups excluding carboxylic acids is 1. The van der Waals surface area contributed by atoms with Gasteiger partial charge in [-0.3, -0.25) is 10.1 Å². The first-order valence-corrected chi connectivity index (χ1v) is 5.49. The van der Waals surface area contributed by atoms with Crippen LogP contribution in [0.1, 0.15) is 23.6 Å². The van der Waals surface area contributed by atoms with Crippen molar-refractivity contribution < 1.29 is 14.7 Å². The summed E-state index contributed by atoms with van der Waals surface area (Å²) in [6.45, 7) is 0.855. The minimum absolute atomic E-state index is 0.0173. The quantitative estimate of drug-likeness (QED) is 0.727. The molecular weight excluding hydrogens is 220 g/mol. The average Bonchev–Trinajstić information content (AvgIpc) is 2.72. The van der Waals surface area contributed by atoms with E-state index in [9.17, 15) is 9.59 Å². The maximum atomic E-state index is 11.9. The number of benzene rings is 1. The number of amides is 1. The summed E-state index contributed by atoms with van der Waals surface area (Å²) in [5, 5.41) is 13.7. The summed E-state index contributed by atoms with van der Waals surface area (Å²) in [6.07, 6.45) is -0.893. The van der Waals surface area contributed by atoms with Crippen LogP contribution in [0.2, 0.25) is 0 Å². The van der Waals surface area contributed by atoms with Crippen molar-refractivity contribution in [1.82, 2.24) is 10.6 Å². The molecule has 0 saturated carbocycles. The molecule has 1 aromatic carbocycles. The van der Waals surface area contributed by atoms with E-state index in [1.165, 1.54) is 0 Å². The van der Waals surface area contributed by atoms with Crippen LogP contribution in [0.4, 0.5) is 4.79 Å². The number of fused-ring (bicyclic) bond motifs is 1. The molecule has 0 spiro atoms. The highest BCUT2D eigenvalue weighted by Crippen LogP contribution is 2.26. The van der Waals surface area contributed by atoms with E-state index >= 15 is 0 Å². The molecule has 1 unspecified atom stereocenters. The molecule has 1 amide bonds. The molecule has 2 rings (SSSR count). The van der Waals surface area contributed by atoms with Crippen LogP contribution in [0.25, 0.3) is 0 Å². The molecule has 0 fully saturated rings. The van der Waals surface area contributed by atoms with E-state index < -0.39 is 6.09 Å². The number of nitrogens with one attached hydrogen (secondary N) is 2. The number of rotatable bonds is 4. The molecule has 0 aromatic heterocycles. The Balaban J connectivity index is 1.96. The molecule has 0 aliphatic carbocycles. The van der Waals surface area contributed by atoms with Crippen LogP contribution in [0, 0.1) is 0 Å². The molecule has 1 aliphatic rings. The number of hydrogen-bond donors (Lipinski definition) is 3. The van der Waals surface area contributed by atoms with Gasteiger partial charge in [0.1, 0.15) is 0 Å². The second-order valence-electron chi connectivity index (χ2n) is 3.96. The van der Waals surface area contributed by atoms with Gasteiger partial charge in [-0.2, -0.15) is 0 Å². The second kappa shape index (κ2) is 4.97. The second-order valence-corrected chi connectivity index (χ2v) is 3.96. The first-order chi connectivity index (χ1) is 8.18.